The lowest BCUT2D eigenvalue weighted by molar-refractivity contribution is -0.137. The van der Waals surface area contributed by atoms with E-state index < -0.39 is 22.1 Å². The van der Waals surface area contributed by atoms with E-state index in [1.165, 1.54) is 4.31 Å². The first-order chi connectivity index (χ1) is 13.2. The third-order valence-corrected chi connectivity index (χ3v) is 5.50. The SMILES string of the molecule is CS(=O)(=O)N(CC=CCCCC(=O)O)CCCC(O)COc1ccccc1Cl. The molecule has 0 bridgehead atoms. The molecule has 0 amide bonds. The van der Waals surface area contributed by atoms with Crippen LogP contribution in [0.5, 0.6) is 5.75 Å². The summed E-state index contributed by atoms with van der Waals surface area (Å²) in [6, 6.07) is 6.98. The quantitative estimate of drug-likeness (QED) is 0.345. The number of aliphatic hydroxyl groups is 1. The summed E-state index contributed by atoms with van der Waals surface area (Å²) >= 11 is 5.98. The fourth-order valence-corrected chi connectivity index (χ4v) is 3.42. The number of carboxylic acids is 1. The number of hydrogen-bond donors (Lipinski definition) is 2. The van der Waals surface area contributed by atoms with Crippen LogP contribution in [0.25, 0.3) is 0 Å². The van der Waals surface area contributed by atoms with E-state index in [0.29, 0.717) is 36.5 Å². The van der Waals surface area contributed by atoms with Gasteiger partial charge in [0.2, 0.25) is 10.0 Å². The number of carboxylic acid groups (broad SMARTS) is 1. The van der Waals surface area contributed by atoms with Crippen molar-refractivity contribution in [1.29, 1.82) is 0 Å². The number of unbranched alkanes of at least 4 members (excludes halogenated alkanes) is 1. The van der Waals surface area contributed by atoms with E-state index in [-0.39, 0.29) is 26.1 Å². The Kier molecular flexibility index (Phi) is 11.1. The van der Waals surface area contributed by atoms with E-state index in [2.05, 4.69) is 0 Å². The van der Waals surface area contributed by atoms with Crippen molar-refractivity contribution in [1.82, 2.24) is 4.31 Å². The van der Waals surface area contributed by atoms with Gasteiger partial charge in [-0.05, 0) is 37.8 Å². The number of allylic oxidation sites excluding steroid dienone is 1. The van der Waals surface area contributed by atoms with Crippen LogP contribution in [0.1, 0.15) is 32.1 Å². The number of ether oxygens (including phenoxy) is 1. The number of carbonyl (C=O) groups is 1. The third-order valence-electron chi connectivity index (χ3n) is 3.92. The number of aliphatic hydroxyl groups excluding tert-OH is 1. The molecule has 9 heteroatoms. The first-order valence-corrected chi connectivity index (χ1v) is 11.3. The Hall–Kier alpha value is -1.61. The van der Waals surface area contributed by atoms with Gasteiger partial charge in [0, 0.05) is 19.5 Å². The molecule has 1 atom stereocenters. The van der Waals surface area contributed by atoms with E-state index in [1.54, 1.807) is 36.4 Å². The number of sulfonamides is 1. The van der Waals surface area contributed by atoms with Crippen LogP contribution in [-0.4, -0.2) is 61.0 Å². The molecule has 0 aliphatic carbocycles. The summed E-state index contributed by atoms with van der Waals surface area (Å²) in [4.78, 5) is 10.4. The van der Waals surface area contributed by atoms with E-state index in [9.17, 15) is 18.3 Å². The van der Waals surface area contributed by atoms with Gasteiger partial charge in [-0.1, -0.05) is 35.9 Å². The van der Waals surface area contributed by atoms with Crippen LogP contribution in [0.15, 0.2) is 36.4 Å². The van der Waals surface area contributed by atoms with Crippen molar-refractivity contribution >= 4 is 27.6 Å². The van der Waals surface area contributed by atoms with Crippen LogP contribution < -0.4 is 4.74 Å². The largest absolute Gasteiger partial charge is 0.489 e. The van der Waals surface area contributed by atoms with Crippen molar-refractivity contribution in [3.63, 3.8) is 0 Å². The molecule has 0 aliphatic rings. The number of benzene rings is 1. The minimum atomic E-state index is -3.37. The van der Waals surface area contributed by atoms with E-state index in [1.807, 2.05) is 0 Å². The van der Waals surface area contributed by atoms with Gasteiger partial charge in [0.15, 0.2) is 0 Å². The molecule has 28 heavy (non-hydrogen) atoms. The number of rotatable bonds is 14. The molecule has 2 N–H and O–H groups in total. The second kappa shape index (κ2) is 12.8. The molecule has 0 aromatic heterocycles. The van der Waals surface area contributed by atoms with E-state index in [0.717, 1.165) is 6.26 Å². The summed E-state index contributed by atoms with van der Waals surface area (Å²) in [6.07, 6.45) is 5.98. The minimum Gasteiger partial charge on any atom is -0.489 e. The summed E-state index contributed by atoms with van der Waals surface area (Å²) < 4.78 is 30.6. The average Bonchev–Trinajstić information content (AvgIpc) is 2.61. The van der Waals surface area contributed by atoms with Crippen molar-refractivity contribution in [2.24, 2.45) is 0 Å². The van der Waals surface area contributed by atoms with Crippen molar-refractivity contribution in [2.75, 3.05) is 26.0 Å². The minimum absolute atomic E-state index is 0.0755. The van der Waals surface area contributed by atoms with Crippen molar-refractivity contribution in [3.05, 3.63) is 41.4 Å². The van der Waals surface area contributed by atoms with Gasteiger partial charge in [-0.2, -0.15) is 4.31 Å². The summed E-state index contributed by atoms with van der Waals surface area (Å²) in [6.45, 7) is 0.575. The maximum atomic E-state index is 11.9. The van der Waals surface area contributed by atoms with Crippen molar-refractivity contribution in [3.8, 4) is 5.75 Å². The Bertz CT molecular complexity index is 738. The van der Waals surface area contributed by atoms with Gasteiger partial charge >= 0.3 is 5.97 Å². The number of aliphatic carboxylic acids is 1. The predicted octanol–water partition coefficient (Wildman–Crippen LogP) is 2.93. The number of hydrogen-bond acceptors (Lipinski definition) is 5. The van der Waals surface area contributed by atoms with E-state index in [4.69, 9.17) is 21.4 Å². The zero-order valence-electron chi connectivity index (χ0n) is 16.0. The number of para-hydroxylation sites is 1. The van der Waals surface area contributed by atoms with Crippen molar-refractivity contribution < 1.29 is 28.2 Å². The maximum Gasteiger partial charge on any atom is 0.303 e. The number of nitrogens with zero attached hydrogens (tertiary/aromatic N) is 1. The molecule has 0 heterocycles. The van der Waals surface area contributed by atoms with Crippen LogP contribution in [0, 0.1) is 0 Å². The Labute approximate surface area is 171 Å². The van der Waals surface area contributed by atoms with Gasteiger partial charge in [-0.3, -0.25) is 4.79 Å². The van der Waals surface area contributed by atoms with Gasteiger partial charge in [-0.15, -0.1) is 0 Å². The maximum absolute atomic E-state index is 11.9. The summed E-state index contributed by atoms with van der Waals surface area (Å²) in [5, 5.41) is 19.1. The molecule has 1 aromatic carbocycles. The van der Waals surface area contributed by atoms with E-state index >= 15 is 0 Å². The Morgan fingerprint density at radius 1 is 1.29 bits per heavy atom. The molecule has 0 spiro atoms. The number of halogens is 1. The Balaban J connectivity index is 2.35. The molecule has 1 rings (SSSR count). The normalized spacial score (nSPS) is 13.1. The highest BCUT2D eigenvalue weighted by Crippen LogP contribution is 2.23. The smallest absolute Gasteiger partial charge is 0.303 e. The highest BCUT2D eigenvalue weighted by molar-refractivity contribution is 7.88. The first kappa shape index (κ1) is 24.4. The molecule has 7 nitrogen and oxygen atoms in total. The van der Waals surface area contributed by atoms with Gasteiger partial charge in [0.05, 0.1) is 17.4 Å². The second-order valence-electron chi connectivity index (χ2n) is 6.42. The monoisotopic (exact) mass is 433 g/mol. The summed E-state index contributed by atoms with van der Waals surface area (Å²) in [5.41, 5.74) is 0. The second-order valence-corrected chi connectivity index (χ2v) is 8.81. The lowest BCUT2D eigenvalue weighted by Crippen LogP contribution is -2.32. The first-order valence-electron chi connectivity index (χ1n) is 9.07. The van der Waals surface area contributed by atoms with Crippen LogP contribution in [-0.2, 0) is 14.8 Å². The third kappa shape index (κ3) is 10.7. The van der Waals surface area contributed by atoms with Gasteiger partial charge in [0.25, 0.3) is 0 Å². The van der Waals surface area contributed by atoms with Crippen LogP contribution in [0.3, 0.4) is 0 Å². The van der Waals surface area contributed by atoms with Crippen LogP contribution in [0.4, 0.5) is 0 Å². The Morgan fingerprint density at radius 2 is 2.00 bits per heavy atom. The topological polar surface area (TPSA) is 104 Å². The predicted molar refractivity (Wildman–Crippen MR) is 109 cm³/mol. The molecular formula is C19H28ClNO6S. The van der Waals surface area contributed by atoms with Crippen LogP contribution in [0.2, 0.25) is 5.02 Å². The highest BCUT2D eigenvalue weighted by atomic mass is 35.5. The molecule has 0 saturated carbocycles. The molecule has 0 radical (unpaired) electrons. The fraction of sp³-hybridized carbons (Fsp3) is 0.526. The lowest BCUT2D eigenvalue weighted by Gasteiger charge is -2.19. The van der Waals surface area contributed by atoms with Gasteiger partial charge < -0.3 is 14.9 Å². The molecular weight excluding hydrogens is 406 g/mol. The molecule has 1 unspecified atom stereocenters. The summed E-state index contributed by atoms with van der Waals surface area (Å²) in [7, 11) is -3.37. The highest BCUT2D eigenvalue weighted by Gasteiger charge is 2.16. The standard InChI is InChI=1S/C19H28ClNO6S/c1-28(25,26)21(13-7-3-2-4-12-19(23)24)14-8-9-16(22)15-27-18-11-6-5-10-17(18)20/h3,5-7,10-11,16,22H,2,4,8-9,12-15H2,1H3,(H,23,24). The lowest BCUT2D eigenvalue weighted by atomic mass is 10.2. The van der Waals surface area contributed by atoms with Gasteiger partial charge in [0.1, 0.15) is 12.4 Å². The molecule has 1 aromatic rings. The molecule has 0 saturated heterocycles. The van der Waals surface area contributed by atoms with Crippen LogP contribution >= 0.6 is 11.6 Å². The summed E-state index contributed by atoms with van der Waals surface area (Å²) in [5.74, 6) is -0.350. The zero-order valence-corrected chi connectivity index (χ0v) is 17.5. The fourth-order valence-electron chi connectivity index (χ4n) is 2.41. The average molecular weight is 434 g/mol. The molecule has 0 fully saturated rings. The van der Waals surface area contributed by atoms with Gasteiger partial charge in [-0.25, -0.2) is 8.42 Å². The molecule has 0 aliphatic heterocycles. The van der Waals surface area contributed by atoms with Crippen molar-refractivity contribution in [2.45, 2.75) is 38.2 Å². The molecule has 158 valence electrons. The Morgan fingerprint density at radius 3 is 2.64 bits per heavy atom. The zero-order chi connectivity index (χ0) is 21.0.